The van der Waals surface area contributed by atoms with Crippen molar-refractivity contribution < 1.29 is 4.74 Å². The lowest BCUT2D eigenvalue weighted by Gasteiger charge is -2.19. The molecule has 0 spiro atoms. The fourth-order valence-corrected chi connectivity index (χ4v) is 3.44. The molecule has 2 aromatic rings. The molecule has 24 heavy (non-hydrogen) atoms. The second-order valence-corrected chi connectivity index (χ2v) is 7.24. The minimum atomic E-state index is 0.334. The Morgan fingerprint density at radius 2 is 2.21 bits per heavy atom. The van der Waals surface area contributed by atoms with Crippen molar-refractivity contribution in [1.29, 1.82) is 0 Å². The Hall–Kier alpha value is -1.95. The lowest BCUT2D eigenvalue weighted by atomic mass is 10.0. The zero-order valence-corrected chi connectivity index (χ0v) is 14.5. The van der Waals surface area contributed by atoms with Crippen LogP contribution in [0.1, 0.15) is 42.5 Å². The summed E-state index contributed by atoms with van der Waals surface area (Å²) < 4.78 is 7.75. The number of nitrogens with zero attached hydrogens (tertiary/aromatic N) is 4. The molecule has 0 bridgehead atoms. The highest BCUT2D eigenvalue weighted by molar-refractivity contribution is 5.38. The number of aryl methyl sites for hydroxylation is 2. The molecule has 0 radical (unpaired) electrons. The second-order valence-electron chi connectivity index (χ2n) is 7.24. The Morgan fingerprint density at radius 3 is 2.88 bits per heavy atom. The summed E-state index contributed by atoms with van der Waals surface area (Å²) in [6.45, 7) is 7.62. The zero-order valence-electron chi connectivity index (χ0n) is 14.5. The van der Waals surface area contributed by atoms with Crippen molar-refractivity contribution >= 4 is 5.82 Å². The topological polar surface area (TPSA) is 64.9 Å². The van der Waals surface area contributed by atoms with E-state index in [1.54, 1.807) is 0 Å². The number of rotatable bonds is 6. The molecule has 128 valence electrons. The van der Waals surface area contributed by atoms with Crippen molar-refractivity contribution in [1.82, 2.24) is 19.5 Å². The highest BCUT2D eigenvalue weighted by Gasteiger charge is 2.43. The van der Waals surface area contributed by atoms with E-state index in [0.29, 0.717) is 11.3 Å². The van der Waals surface area contributed by atoms with Gasteiger partial charge in [-0.05, 0) is 33.1 Å². The van der Waals surface area contributed by atoms with E-state index in [-0.39, 0.29) is 0 Å². The van der Waals surface area contributed by atoms with E-state index in [2.05, 4.69) is 44.0 Å². The number of hydrogen-bond donors (Lipinski definition) is 1. The van der Waals surface area contributed by atoms with E-state index in [1.165, 1.54) is 12.8 Å². The fourth-order valence-electron chi connectivity index (χ4n) is 3.44. The minimum Gasteiger partial charge on any atom is -0.381 e. The van der Waals surface area contributed by atoms with Gasteiger partial charge in [0.25, 0.3) is 0 Å². The third-order valence-electron chi connectivity index (χ3n) is 5.24. The largest absolute Gasteiger partial charge is 0.381 e. The quantitative estimate of drug-likeness (QED) is 0.884. The highest BCUT2D eigenvalue weighted by Crippen LogP contribution is 2.47. The normalized spacial score (nSPS) is 21.8. The Kier molecular flexibility index (Phi) is 4.00. The Balaban J connectivity index is 1.43. The maximum Gasteiger partial charge on any atom is 0.129 e. The summed E-state index contributed by atoms with van der Waals surface area (Å²) in [7, 11) is 0. The highest BCUT2D eigenvalue weighted by atomic mass is 16.5. The van der Waals surface area contributed by atoms with Crippen LogP contribution in [0.4, 0.5) is 5.82 Å². The molecule has 4 rings (SSSR count). The number of anilines is 1. The summed E-state index contributed by atoms with van der Waals surface area (Å²) in [5, 5.41) is 3.56. The van der Waals surface area contributed by atoms with Gasteiger partial charge in [-0.1, -0.05) is 0 Å². The maximum absolute atomic E-state index is 5.50. The molecule has 2 aromatic heterocycles. The molecule has 2 aliphatic rings. The zero-order chi connectivity index (χ0) is 16.6. The van der Waals surface area contributed by atoms with Crippen LogP contribution in [-0.4, -0.2) is 39.3 Å². The van der Waals surface area contributed by atoms with E-state index in [0.717, 1.165) is 55.9 Å². The van der Waals surface area contributed by atoms with Crippen LogP contribution in [-0.2, 0) is 11.3 Å². The van der Waals surface area contributed by atoms with Crippen LogP contribution in [0.25, 0.3) is 0 Å². The van der Waals surface area contributed by atoms with Crippen molar-refractivity contribution in [2.45, 2.75) is 45.6 Å². The third-order valence-corrected chi connectivity index (χ3v) is 5.24. The molecule has 1 aliphatic heterocycles. The summed E-state index contributed by atoms with van der Waals surface area (Å²) >= 11 is 0. The van der Waals surface area contributed by atoms with Gasteiger partial charge >= 0.3 is 0 Å². The van der Waals surface area contributed by atoms with E-state index in [9.17, 15) is 0 Å². The van der Waals surface area contributed by atoms with Gasteiger partial charge in [0.2, 0.25) is 0 Å². The van der Waals surface area contributed by atoms with Crippen molar-refractivity contribution in [3.8, 4) is 0 Å². The van der Waals surface area contributed by atoms with Gasteiger partial charge in [-0.15, -0.1) is 0 Å². The molecule has 3 heterocycles. The summed E-state index contributed by atoms with van der Waals surface area (Å²) in [6.07, 6.45) is 7.51. The average Bonchev–Trinajstić information content (AvgIpc) is 2.96. The first-order valence-corrected chi connectivity index (χ1v) is 8.79. The number of nitrogens with one attached hydrogen (secondary N) is 1. The maximum atomic E-state index is 5.50. The Morgan fingerprint density at radius 1 is 1.33 bits per heavy atom. The number of hydrogen-bond acceptors (Lipinski definition) is 5. The first-order chi connectivity index (χ1) is 11.6. The molecule has 1 saturated heterocycles. The summed E-state index contributed by atoms with van der Waals surface area (Å²) in [5.74, 6) is 3.27. The molecule has 1 saturated carbocycles. The first kappa shape index (κ1) is 15.6. The van der Waals surface area contributed by atoms with Crippen LogP contribution >= 0.6 is 0 Å². The summed E-state index contributed by atoms with van der Waals surface area (Å²) in [5.41, 5.74) is 1.44. The summed E-state index contributed by atoms with van der Waals surface area (Å²) in [4.78, 5) is 13.5. The molecule has 1 atom stereocenters. The second kappa shape index (κ2) is 6.16. The minimum absolute atomic E-state index is 0.334. The van der Waals surface area contributed by atoms with Crippen LogP contribution < -0.4 is 5.32 Å². The molecule has 2 fully saturated rings. The molecular weight excluding hydrogens is 302 g/mol. The number of imidazole rings is 1. The molecule has 0 unspecified atom stereocenters. The monoisotopic (exact) mass is 327 g/mol. The van der Waals surface area contributed by atoms with E-state index < -0.39 is 0 Å². The lowest BCUT2D eigenvalue weighted by Crippen LogP contribution is -2.22. The Labute approximate surface area is 142 Å². The van der Waals surface area contributed by atoms with Gasteiger partial charge in [0.05, 0.1) is 12.3 Å². The lowest BCUT2D eigenvalue weighted by molar-refractivity contribution is 0.193. The van der Waals surface area contributed by atoms with Gasteiger partial charge in [-0.3, -0.25) is 0 Å². The van der Waals surface area contributed by atoms with Crippen molar-refractivity contribution in [2.75, 3.05) is 25.1 Å². The first-order valence-electron chi connectivity index (χ1n) is 8.79. The number of aromatic nitrogens is 4. The third kappa shape index (κ3) is 3.29. The van der Waals surface area contributed by atoms with Gasteiger partial charge in [0.15, 0.2) is 0 Å². The van der Waals surface area contributed by atoms with Crippen molar-refractivity contribution in [2.24, 2.45) is 5.41 Å². The molecule has 1 aliphatic carbocycles. The fraction of sp³-hybridized carbons (Fsp3) is 0.611. The standard InChI is InChI=1S/C18H25N5O/c1-13-21-16(15-3-8-24-10-15)9-17(22-13)20-11-18(4-5-18)12-23-7-6-19-14(23)2/h6-7,9,15H,3-5,8,10-12H2,1-2H3,(H,20,21,22)/t15-/m0/s1. The van der Waals surface area contributed by atoms with Gasteiger partial charge in [0, 0.05) is 49.5 Å². The van der Waals surface area contributed by atoms with Crippen LogP contribution in [0.5, 0.6) is 0 Å². The predicted octanol–water partition coefficient (Wildman–Crippen LogP) is 2.69. The summed E-state index contributed by atoms with van der Waals surface area (Å²) in [6, 6.07) is 2.10. The van der Waals surface area contributed by atoms with E-state index >= 15 is 0 Å². The SMILES string of the molecule is Cc1nc(NCC2(Cn3ccnc3C)CC2)cc([C@H]2CCOC2)n1. The predicted molar refractivity (Wildman–Crippen MR) is 92.1 cm³/mol. The molecule has 1 N–H and O–H groups in total. The molecule has 0 amide bonds. The van der Waals surface area contributed by atoms with Gasteiger partial charge in [-0.25, -0.2) is 15.0 Å². The molecule has 6 heteroatoms. The smallest absolute Gasteiger partial charge is 0.129 e. The van der Waals surface area contributed by atoms with Gasteiger partial charge in [-0.2, -0.15) is 0 Å². The van der Waals surface area contributed by atoms with Crippen LogP contribution in [0.15, 0.2) is 18.5 Å². The van der Waals surface area contributed by atoms with Crippen LogP contribution in [0.2, 0.25) is 0 Å². The van der Waals surface area contributed by atoms with Gasteiger partial charge in [0.1, 0.15) is 17.5 Å². The van der Waals surface area contributed by atoms with Crippen molar-refractivity contribution in [3.05, 3.63) is 35.8 Å². The molecule has 6 nitrogen and oxygen atoms in total. The van der Waals surface area contributed by atoms with Crippen LogP contribution in [0, 0.1) is 19.3 Å². The van der Waals surface area contributed by atoms with Crippen LogP contribution in [0.3, 0.4) is 0 Å². The molecule has 0 aromatic carbocycles. The number of ether oxygens (including phenoxy) is 1. The Bertz CT molecular complexity index is 716. The van der Waals surface area contributed by atoms with Gasteiger partial charge < -0.3 is 14.6 Å². The average molecular weight is 327 g/mol. The van der Waals surface area contributed by atoms with E-state index in [1.807, 2.05) is 13.1 Å². The van der Waals surface area contributed by atoms with Crippen molar-refractivity contribution in [3.63, 3.8) is 0 Å². The van der Waals surface area contributed by atoms with E-state index in [4.69, 9.17) is 4.74 Å². The molecular formula is C18H25N5O.